The predicted molar refractivity (Wildman–Crippen MR) is 65.6 cm³/mol. The number of fused-ring (bicyclic) bond motifs is 1. The molecule has 1 aromatic rings. The van der Waals surface area contributed by atoms with Crippen molar-refractivity contribution in [2.24, 2.45) is 5.41 Å². The minimum absolute atomic E-state index is 0.107. The summed E-state index contributed by atoms with van der Waals surface area (Å²) in [6, 6.07) is 8.15. The fourth-order valence-corrected chi connectivity index (χ4v) is 3.64. The van der Waals surface area contributed by atoms with Crippen molar-refractivity contribution in [3.05, 3.63) is 35.4 Å². The molecule has 2 heteroatoms. The molecule has 0 amide bonds. The topological polar surface area (TPSA) is 37.3 Å². The van der Waals surface area contributed by atoms with Crippen LogP contribution in [0, 0.1) is 5.41 Å². The number of Topliss-reactive ketones (excluding diaryl/α,β-unsaturated/α-hetero) is 1. The molecule has 1 fully saturated rings. The first-order valence-electron chi connectivity index (χ1n) is 6.38. The molecule has 1 atom stereocenters. The molecule has 0 aliphatic heterocycles. The van der Waals surface area contributed by atoms with Crippen LogP contribution in [0.15, 0.2) is 24.3 Å². The number of benzene rings is 1. The Hall–Kier alpha value is -1.15. The molecule has 3 rings (SSSR count). The Kier molecular flexibility index (Phi) is 2.21. The molecule has 2 aliphatic rings. The fourth-order valence-electron chi connectivity index (χ4n) is 3.64. The van der Waals surface area contributed by atoms with Gasteiger partial charge in [-0.25, -0.2) is 0 Å². The zero-order chi connectivity index (χ0) is 12.1. The van der Waals surface area contributed by atoms with Gasteiger partial charge in [0.2, 0.25) is 0 Å². The Morgan fingerprint density at radius 1 is 1.18 bits per heavy atom. The molecule has 0 radical (unpaired) electrons. The zero-order valence-electron chi connectivity index (χ0n) is 10.2. The molecular formula is C15H18O2. The number of aliphatic hydroxyl groups is 1. The molecule has 0 bridgehead atoms. The molecule has 2 nitrogen and oxygen atoms in total. The van der Waals surface area contributed by atoms with Crippen molar-refractivity contribution >= 4 is 5.78 Å². The minimum atomic E-state index is -0.774. The van der Waals surface area contributed by atoms with Crippen LogP contribution in [-0.2, 0) is 16.8 Å². The van der Waals surface area contributed by atoms with Gasteiger partial charge in [0.1, 0.15) is 5.78 Å². The van der Waals surface area contributed by atoms with Crippen LogP contribution in [0.2, 0.25) is 0 Å². The van der Waals surface area contributed by atoms with Crippen LogP contribution < -0.4 is 0 Å². The van der Waals surface area contributed by atoms with Gasteiger partial charge in [0.05, 0.1) is 5.60 Å². The quantitative estimate of drug-likeness (QED) is 0.743. The van der Waals surface area contributed by atoms with Crippen molar-refractivity contribution in [1.29, 1.82) is 0 Å². The van der Waals surface area contributed by atoms with Crippen LogP contribution in [0.4, 0.5) is 0 Å². The molecule has 1 N–H and O–H groups in total. The van der Waals surface area contributed by atoms with Gasteiger partial charge in [-0.15, -0.1) is 0 Å². The van der Waals surface area contributed by atoms with Crippen LogP contribution >= 0.6 is 0 Å². The average molecular weight is 230 g/mol. The van der Waals surface area contributed by atoms with E-state index in [4.69, 9.17) is 0 Å². The minimum Gasteiger partial charge on any atom is -0.385 e. The Labute approximate surface area is 102 Å². The summed E-state index contributed by atoms with van der Waals surface area (Å²) < 4.78 is 0. The number of rotatable bonds is 0. The van der Waals surface area contributed by atoms with E-state index >= 15 is 0 Å². The maximum Gasteiger partial charge on any atom is 0.132 e. The smallest absolute Gasteiger partial charge is 0.132 e. The summed E-state index contributed by atoms with van der Waals surface area (Å²) in [4.78, 5) is 11.4. The Bertz CT molecular complexity index is 464. The van der Waals surface area contributed by atoms with Gasteiger partial charge >= 0.3 is 0 Å². The monoisotopic (exact) mass is 230 g/mol. The molecule has 17 heavy (non-hydrogen) atoms. The molecule has 0 heterocycles. The van der Waals surface area contributed by atoms with Gasteiger partial charge in [-0.05, 0) is 37.3 Å². The second-order valence-corrected chi connectivity index (χ2v) is 5.73. The second-order valence-electron chi connectivity index (χ2n) is 5.73. The molecule has 2 aliphatic carbocycles. The Morgan fingerprint density at radius 2 is 1.82 bits per heavy atom. The van der Waals surface area contributed by atoms with Gasteiger partial charge in [0.15, 0.2) is 0 Å². The first kappa shape index (κ1) is 11.0. The molecular weight excluding hydrogens is 212 g/mol. The lowest BCUT2D eigenvalue weighted by atomic mass is 9.64. The normalized spacial score (nSPS) is 30.6. The highest BCUT2D eigenvalue weighted by molar-refractivity contribution is 5.79. The van der Waals surface area contributed by atoms with E-state index in [1.54, 1.807) is 0 Å². The number of carbonyl (C=O) groups is 1. The van der Waals surface area contributed by atoms with E-state index in [0.29, 0.717) is 18.6 Å². The first-order chi connectivity index (χ1) is 8.05. The van der Waals surface area contributed by atoms with E-state index in [9.17, 15) is 9.90 Å². The van der Waals surface area contributed by atoms with Crippen LogP contribution in [0.5, 0.6) is 0 Å². The largest absolute Gasteiger partial charge is 0.385 e. The second kappa shape index (κ2) is 3.42. The van der Waals surface area contributed by atoms with E-state index in [-0.39, 0.29) is 5.41 Å². The van der Waals surface area contributed by atoms with Crippen molar-refractivity contribution in [3.8, 4) is 0 Å². The van der Waals surface area contributed by atoms with Crippen molar-refractivity contribution in [2.75, 3.05) is 0 Å². The third-order valence-electron chi connectivity index (χ3n) is 4.87. The summed E-state index contributed by atoms with van der Waals surface area (Å²) in [6.07, 6.45) is 3.83. The zero-order valence-corrected chi connectivity index (χ0v) is 10.2. The van der Waals surface area contributed by atoms with Crippen molar-refractivity contribution in [3.63, 3.8) is 0 Å². The molecule has 0 saturated heterocycles. The van der Waals surface area contributed by atoms with Gasteiger partial charge in [0.25, 0.3) is 0 Å². The summed E-state index contributed by atoms with van der Waals surface area (Å²) in [5.41, 5.74) is 1.44. The lowest BCUT2D eigenvalue weighted by Gasteiger charge is -2.43. The van der Waals surface area contributed by atoms with Crippen molar-refractivity contribution in [1.82, 2.24) is 0 Å². The maximum atomic E-state index is 11.4. The summed E-state index contributed by atoms with van der Waals surface area (Å²) in [5.74, 6) is 0.349. The lowest BCUT2D eigenvalue weighted by Crippen LogP contribution is -2.43. The van der Waals surface area contributed by atoms with Crippen molar-refractivity contribution in [2.45, 2.75) is 44.6 Å². The number of ketones is 1. The first-order valence-corrected chi connectivity index (χ1v) is 6.38. The molecule has 0 aromatic heterocycles. The molecule has 1 saturated carbocycles. The van der Waals surface area contributed by atoms with Crippen LogP contribution in [0.1, 0.15) is 43.7 Å². The van der Waals surface area contributed by atoms with Crippen LogP contribution in [0.3, 0.4) is 0 Å². The average Bonchev–Trinajstić information content (AvgIpc) is 2.53. The number of carbonyl (C=O) groups excluding carboxylic acids is 1. The third-order valence-corrected chi connectivity index (χ3v) is 4.87. The molecule has 1 spiro atoms. The number of hydrogen-bond donors (Lipinski definition) is 1. The Balaban J connectivity index is 2.03. The highest BCUT2D eigenvalue weighted by Crippen LogP contribution is 2.56. The van der Waals surface area contributed by atoms with E-state index < -0.39 is 5.60 Å². The predicted octanol–water partition coefficient (Wildman–Crippen LogP) is 2.58. The van der Waals surface area contributed by atoms with Gasteiger partial charge in [-0.1, -0.05) is 24.3 Å². The maximum absolute atomic E-state index is 11.4. The van der Waals surface area contributed by atoms with E-state index in [1.165, 1.54) is 5.56 Å². The van der Waals surface area contributed by atoms with Gasteiger partial charge < -0.3 is 5.11 Å². The summed E-state index contributed by atoms with van der Waals surface area (Å²) in [7, 11) is 0. The fraction of sp³-hybridized carbons (Fsp3) is 0.533. The van der Waals surface area contributed by atoms with E-state index in [1.807, 2.05) is 25.1 Å². The van der Waals surface area contributed by atoms with Gasteiger partial charge in [-0.3, -0.25) is 4.79 Å². The van der Waals surface area contributed by atoms with E-state index in [2.05, 4.69) is 6.07 Å². The van der Waals surface area contributed by atoms with Gasteiger partial charge in [0, 0.05) is 18.3 Å². The molecule has 90 valence electrons. The number of hydrogen-bond acceptors (Lipinski definition) is 2. The lowest BCUT2D eigenvalue weighted by molar-refractivity contribution is -0.130. The van der Waals surface area contributed by atoms with E-state index in [0.717, 1.165) is 24.8 Å². The SMILES string of the molecule is CC1(O)c2ccccc2CC12CCC(=O)CC2. The summed E-state index contributed by atoms with van der Waals surface area (Å²) >= 11 is 0. The molecule has 1 unspecified atom stereocenters. The molecule has 1 aromatic carbocycles. The summed E-state index contributed by atoms with van der Waals surface area (Å²) in [6.45, 7) is 1.93. The third kappa shape index (κ3) is 1.40. The highest BCUT2D eigenvalue weighted by Gasteiger charge is 2.54. The standard InChI is InChI=1S/C15H18O2/c1-14(17)13-5-3-2-4-11(13)10-15(14)8-6-12(16)7-9-15/h2-5,17H,6-10H2,1H3. The van der Waals surface area contributed by atoms with Gasteiger partial charge in [-0.2, -0.15) is 0 Å². The van der Waals surface area contributed by atoms with Crippen LogP contribution in [-0.4, -0.2) is 10.9 Å². The van der Waals surface area contributed by atoms with Crippen LogP contribution in [0.25, 0.3) is 0 Å². The highest BCUT2D eigenvalue weighted by atomic mass is 16.3. The van der Waals surface area contributed by atoms with Crippen molar-refractivity contribution < 1.29 is 9.90 Å². The Morgan fingerprint density at radius 3 is 2.47 bits per heavy atom. The summed E-state index contributed by atoms with van der Waals surface area (Å²) in [5, 5.41) is 10.9.